The maximum atomic E-state index is 11.2. The van der Waals surface area contributed by atoms with Gasteiger partial charge in [0.05, 0.1) is 4.90 Å². The number of nitrogens with one attached hydrogen (secondary N) is 1. The first kappa shape index (κ1) is 18.4. The van der Waals surface area contributed by atoms with E-state index in [4.69, 9.17) is 9.88 Å². The average molecular weight is 340 g/mol. The van der Waals surface area contributed by atoms with Gasteiger partial charge in [-0.05, 0) is 69.2 Å². The van der Waals surface area contributed by atoms with Gasteiger partial charge in [-0.1, -0.05) is 12.1 Å². The molecular formula is C17H28N2O3S. The van der Waals surface area contributed by atoms with Crippen LogP contribution < -0.4 is 10.5 Å². The molecule has 23 heavy (non-hydrogen) atoms. The van der Waals surface area contributed by atoms with Crippen LogP contribution in [0.15, 0.2) is 29.2 Å². The number of ether oxygens (including phenoxy) is 1. The third kappa shape index (κ3) is 6.59. The van der Waals surface area contributed by atoms with Crippen LogP contribution in [0, 0.1) is 5.92 Å². The molecule has 1 atom stereocenters. The van der Waals surface area contributed by atoms with Gasteiger partial charge < -0.3 is 10.1 Å². The van der Waals surface area contributed by atoms with Crippen molar-refractivity contribution in [3.05, 3.63) is 29.8 Å². The molecule has 1 aromatic carbocycles. The molecule has 0 saturated carbocycles. The zero-order chi connectivity index (χ0) is 16.7. The van der Waals surface area contributed by atoms with Gasteiger partial charge >= 0.3 is 0 Å². The lowest BCUT2D eigenvalue weighted by Gasteiger charge is -2.25. The van der Waals surface area contributed by atoms with E-state index in [0.29, 0.717) is 6.04 Å². The lowest BCUT2D eigenvalue weighted by molar-refractivity contribution is 0.0612. The number of primary sulfonamides is 1. The molecule has 3 N–H and O–H groups in total. The van der Waals surface area contributed by atoms with Gasteiger partial charge in [-0.25, -0.2) is 13.6 Å². The molecule has 1 aliphatic heterocycles. The number of nitrogens with two attached hydrogens (primary N) is 1. The largest absolute Gasteiger partial charge is 0.381 e. The lowest BCUT2D eigenvalue weighted by atomic mass is 9.93. The zero-order valence-electron chi connectivity index (χ0n) is 13.8. The van der Waals surface area contributed by atoms with Gasteiger partial charge in [-0.3, -0.25) is 0 Å². The highest BCUT2D eigenvalue weighted by atomic mass is 32.2. The SMILES string of the molecule is CC(CC1CCOCC1)NCCCc1ccc(S(N)(=O)=O)cc1. The molecule has 0 aliphatic carbocycles. The normalized spacial score (nSPS) is 18.0. The van der Waals surface area contributed by atoms with Crippen molar-refractivity contribution < 1.29 is 13.2 Å². The lowest BCUT2D eigenvalue weighted by Crippen LogP contribution is -2.31. The first-order valence-corrected chi connectivity index (χ1v) is 9.92. The molecule has 1 heterocycles. The van der Waals surface area contributed by atoms with Crippen LogP contribution in [-0.4, -0.2) is 34.2 Å². The molecule has 5 nitrogen and oxygen atoms in total. The molecule has 1 aromatic rings. The van der Waals surface area contributed by atoms with Crippen molar-refractivity contribution in [3.8, 4) is 0 Å². The van der Waals surface area contributed by atoms with Crippen molar-refractivity contribution in [1.29, 1.82) is 0 Å². The van der Waals surface area contributed by atoms with Crippen LogP contribution in [0.1, 0.15) is 38.2 Å². The van der Waals surface area contributed by atoms with E-state index in [1.165, 1.54) is 19.3 Å². The standard InChI is InChI=1S/C17H28N2O3S/c1-14(13-16-8-11-22-12-9-16)19-10-2-3-15-4-6-17(7-5-15)23(18,20)21/h4-7,14,16,19H,2-3,8-13H2,1H3,(H2,18,20,21). The monoisotopic (exact) mass is 340 g/mol. The summed E-state index contributed by atoms with van der Waals surface area (Å²) >= 11 is 0. The first-order valence-electron chi connectivity index (χ1n) is 8.38. The zero-order valence-corrected chi connectivity index (χ0v) is 14.6. The molecule has 1 unspecified atom stereocenters. The number of aryl methyl sites for hydroxylation is 1. The molecule has 1 saturated heterocycles. The summed E-state index contributed by atoms with van der Waals surface area (Å²) in [4.78, 5) is 0.171. The van der Waals surface area contributed by atoms with E-state index < -0.39 is 10.0 Å². The minimum Gasteiger partial charge on any atom is -0.381 e. The fraction of sp³-hybridized carbons (Fsp3) is 0.647. The van der Waals surface area contributed by atoms with Gasteiger partial charge in [-0.15, -0.1) is 0 Å². The summed E-state index contributed by atoms with van der Waals surface area (Å²) in [5.41, 5.74) is 1.14. The van der Waals surface area contributed by atoms with E-state index in [9.17, 15) is 8.42 Å². The maximum absolute atomic E-state index is 11.2. The van der Waals surface area contributed by atoms with Gasteiger partial charge in [0.15, 0.2) is 0 Å². The minimum atomic E-state index is -3.59. The predicted molar refractivity (Wildman–Crippen MR) is 91.8 cm³/mol. The van der Waals surface area contributed by atoms with Crippen LogP contribution in [0.25, 0.3) is 0 Å². The van der Waals surface area contributed by atoms with Crippen LogP contribution in [0.3, 0.4) is 0 Å². The second-order valence-corrected chi connectivity index (χ2v) is 8.00. The summed E-state index contributed by atoms with van der Waals surface area (Å²) in [6.07, 6.45) is 5.55. The summed E-state index contributed by atoms with van der Waals surface area (Å²) in [5, 5.41) is 8.67. The van der Waals surface area contributed by atoms with Gasteiger partial charge in [0.1, 0.15) is 0 Å². The van der Waals surface area contributed by atoms with Crippen molar-refractivity contribution in [2.24, 2.45) is 11.1 Å². The summed E-state index contributed by atoms with van der Waals surface area (Å²) in [5.74, 6) is 0.789. The van der Waals surface area contributed by atoms with E-state index in [-0.39, 0.29) is 4.90 Å². The number of hydrogen-bond acceptors (Lipinski definition) is 4. The maximum Gasteiger partial charge on any atom is 0.238 e. The Morgan fingerprint density at radius 1 is 1.26 bits per heavy atom. The third-order valence-corrected chi connectivity index (χ3v) is 5.34. The molecule has 130 valence electrons. The fourth-order valence-corrected chi connectivity index (χ4v) is 3.57. The Kier molecular flexibility index (Phi) is 7.02. The molecule has 0 bridgehead atoms. The van der Waals surface area contributed by atoms with E-state index >= 15 is 0 Å². The molecule has 6 heteroatoms. The smallest absolute Gasteiger partial charge is 0.238 e. The fourth-order valence-electron chi connectivity index (χ4n) is 3.05. The molecule has 0 aromatic heterocycles. The van der Waals surface area contributed by atoms with E-state index in [1.54, 1.807) is 12.1 Å². The van der Waals surface area contributed by atoms with Crippen molar-refractivity contribution in [1.82, 2.24) is 5.32 Å². The Morgan fingerprint density at radius 2 is 1.91 bits per heavy atom. The Morgan fingerprint density at radius 3 is 2.52 bits per heavy atom. The highest BCUT2D eigenvalue weighted by Crippen LogP contribution is 2.20. The number of benzene rings is 1. The molecule has 0 spiro atoms. The van der Waals surface area contributed by atoms with Crippen molar-refractivity contribution in [2.75, 3.05) is 19.8 Å². The highest BCUT2D eigenvalue weighted by molar-refractivity contribution is 7.89. The second kappa shape index (κ2) is 8.78. The van der Waals surface area contributed by atoms with Crippen LogP contribution in [0.5, 0.6) is 0 Å². The van der Waals surface area contributed by atoms with Gasteiger partial charge in [0, 0.05) is 19.3 Å². The Labute approximate surface area is 139 Å². The summed E-state index contributed by atoms with van der Waals surface area (Å²) in [6, 6.07) is 7.36. The number of rotatable bonds is 8. The van der Waals surface area contributed by atoms with Crippen molar-refractivity contribution in [3.63, 3.8) is 0 Å². The minimum absolute atomic E-state index is 0.171. The Hall–Kier alpha value is -0.950. The Balaban J connectivity index is 1.64. The summed E-state index contributed by atoms with van der Waals surface area (Å²) in [7, 11) is -3.59. The summed E-state index contributed by atoms with van der Waals surface area (Å²) < 4.78 is 27.8. The number of hydrogen-bond donors (Lipinski definition) is 2. The molecule has 1 fully saturated rings. The Bertz CT molecular complexity index is 566. The molecule has 1 aliphatic rings. The third-order valence-electron chi connectivity index (χ3n) is 4.41. The van der Waals surface area contributed by atoms with Crippen LogP contribution in [-0.2, 0) is 21.2 Å². The average Bonchev–Trinajstić information content (AvgIpc) is 2.52. The van der Waals surface area contributed by atoms with E-state index in [0.717, 1.165) is 44.1 Å². The number of sulfonamides is 1. The van der Waals surface area contributed by atoms with Crippen LogP contribution >= 0.6 is 0 Å². The topological polar surface area (TPSA) is 81.4 Å². The van der Waals surface area contributed by atoms with Crippen molar-refractivity contribution in [2.45, 2.75) is 50.0 Å². The summed E-state index contributed by atoms with van der Waals surface area (Å²) in [6.45, 7) is 5.04. The second-order valence-electron chi connectivity index (χ2n) is 6.44. The van der Waals surface area contributed by atoms with Crippen LogP contribution in [0.4, 0.5) is 0 Å². The van der Waals surface area contributed by atoms with Crippen LogP contribution in [0.2, 0.25) is 0 Å². The highest BCUT2D eigenvalue weighted by Gasteiger charge is 2.16. The van der Waals surface area contributed by atoms with Gasteiger partial charge in [-0.2, -0.15) is 0 Å². The predicted octanol–water partition coefficient (Wildman–Crippen LogP) is 2.06. The van der Waals surface area contributed by atoms with E-state index in [2.05, 4.69) is 12.2 Å². The first-order chi connectivity index (χ1) is 10.9. The van der Waals surface area contributed by atoms with Crippen molar-refractivity contribution >= 4 is 10.0 Å². The molecule has 0 radical (unpaired) electrons. The molecule has 0 amide bonds. The van der Waals surface area contributed by atoms with Gasteiger partial charge in [0.25, 0.3) is 0 Å². The molecule has 2 rings (SSSR count). The quantitative estimate of drug-likeness (QED) is 0.710. The van der Waals surface area contributed by atoms with E-state index in [1.807, 2.05) is 12.1 Å². The molecular weight excluding hydrogens is 312 g/mol. The van der Waals surface area contributed by atoms with Gasteiger partial charge in [0.2, 0.25) is 10.0 Å².